The molecule has 0 fully saturated rings. The molecular weight excluding hydrogens is 617 g/mol. The Morgan fingerprint density at radius 1 is 0.294 bits per heavy atom. The monoisotopic (exact) mass is 648 g/mol. The van der Waals surface area contributed by atoms with Gasteiger partial charge in [0.25, 0.3) is 0 Å². The fourth-order valence-electron chi connectivity index (χ4n) is 8.55. The summed E-state index contributed by atoms with van der Waals surface area (Å²) >= 11 is 0. The largest absolute Gasteiger partial charge is 0.309 e. The summed E-state index contributed by atoms with van der Waals surface area (Å²) in [7, 11) is 0. The van der Waals surface area contributed by atoms with Crippen LogP contribution in [0.15, 0.2) is 182 Å². The first-order valence-electron chi connectivity index (χ1n) is 17.7. The molecule has 0 aliphatic heterocycles. The topological polar surface area (TPSA) is 9.86 Å². The van der Waals surface area contributed by atoms with Crippen LogP contribution in [0.25, 0.3) is 88.4 Å². The van der Waals surface area contributed by atoms with Crippen LogP contribution in [0.1, 0.15) is 11.1 Å². The van der Waals surface area contributed by atoms with Crippen LogP contribution in [0.5, 0.6) is 0 Å². The number of fused-ring (bicyclic) bond motifs is 9. The summed E-state index contributed by atoms with van der Waals surface area (Å²) in [4.78, 5) is 0. The first kappa shape index (κ1) is 28.2. The van der Waals surface area contributed by atoms with Gasteiger partial charge in [0.1, 0.15) is 0 Å². The lowest BCUT2D eigenvalue weighted by molar-refractivity contribution is 1.17. The zero-order chi connectivity index (χ0) is 33.5. The van der Waals surface area contributed by atoms with E-state index in [1.54, 1.807) is 0 Å². The highest BCUT2D eigenvalue weighted by Gasteiger charge is 2.22. The Hall–Kier alpha value is -6.64. The summed E-state index contributed by atoms with van der Waals surface area (Å²) in [6.45, 7) is 0. The van der Waals surface area contributed by atoms with Crippen molar-refractivity contribution in [3.05, 3.63) is 193 Å². The van der Waals surface area contributed by atoms with E-state index in [0.29, 0.717) is 0 Å². The maximum absolute atomic E-state index is 2.46. The van der Waals surface area contributed by atoms with Crippen molar-refractivity contribution in [2.45, 2.75) is 6.42 Å². The SMILES string of the molecule is c1ccc(-c2ccc(-n3c4ccc(-c5ccc6c(c5)c5ccccc5n6-c5ccccc5)cc4c4cc5c(cc43)Cc3ccccc3-5)cc2)cc1. The Labute approximate surface area is 296 Å². The minimum Gasteiger partial charge on any atom is -0.309 e. The summed E-state index contributed by atoms with van der Waals surface area (Å²) in [5.41, 5.74) is 17.7. The van der Waals surface area contributed by atoms with Crippen LogP contribution >= 0.6 is 0 Å². The summed E-state index contributed by atoms with van der Waals surface area (Å²) in [5.74, 6) is 0. The van der Waals surface area contributed by atoms with Gasteiger partial charge in [0.2, 0.25) is 0 Å². The summed E-state index contributed by atoms with van der Waals surface area (Å²) in [6, 6.07) is 66.9. The molecule has 238 valence electrons. The minimum atomic E-state index is 0.970. The zero-order valence-corrected chi connectivity index (χ0v) is 27.9. The van der Waals surface area contributed by atoms with Gasteiger partial charge in [-0.2, -0.15) is 0 Å². The van der Waals surface area contributed by atoms with Crippen molar-refractivity contribution in [1.29, 1.82) is 0 Å². The van der Waals surface area contributed by atoms with Gasteiger partial charge in [-0.3, -0.25) is 0 Å². The highest BCUT2D eigenvalue weighted by Crippen LogP contribution is 2.44. The maximum atomic E-state index is 2.46. The Morgan fingerprint density at radius 2 is 0.824 bits per heavy atom. The fourth-order valence-corrected chi connectivity index (χ4v) is 8.55. The van der Waals surface area contributed by atoms with Gasteiger partial charge in [0.15, 0.2) is 0 Å². The third-order valence-electron chi connectivity index (χ3n) is 10.9. The van der Waals surface area contributed by atoms with Crippen molar-refractivity contribution in [2.75, 3.05) is 0 Å². The second-order valence-electron chi connectivity index (χ2n) is 13.8. The van der Waals surface area contributed by atoms with Crippen molar-refractivity contribution in [3.63, 3.8) is 0 Å². The van der Waals surface area contributed by atoms with Crippen LogP contribution in [0.3, 0.4) is 0 Å². The molecule has 1 aliphatic carbocycles. The normalized spacial score (nSPS) is 12.2. The number of rotatable bonds is 4. The predicted molar refractivity (Wildman–Crippen MR) is 214 cm³/mol. The molecule has 2 heterocycles. The fraction of sp³-hybridized carbons (Fsp3) is 0.0204. The quantitative estimate of drug-likeness (QED) is 0.180. The lowest BCUT2D eigenvalue weighted by atomic mass is 9.99. The predicted octanol–water partition coefficient (Wildman–Crippen LogP) is 12.8. The highest BCUT2D eigenvalue weighted by atomic mass is 15.0. The Morgan fingerprint density at radius 3 is 1.59 bits per heavy atom. The van der Waals surface area contributed by atoms with Crippen molar-refractivity contribution in [3.8, 4) is 44.8 Å². The molecule has 1 aliphatic rings. The number of hydrogen-bond acceptors (Lipinski definition) is 0. The van der Waals surface area contributed by atoms with Gasteiger partial charge >= 0.3 is 0 Å². The second kappa shape index (κ2) is 10.9. The highest BCUT2D eigenvalue weighted by molar-refractivity contribution is 6.14. The van der Waals surface area contributed by atoms with Crippen LogP contribution in [-0.4, -0.2) is 9.13 Å². The number of nitrogens with zero attached hydrogens (tertiary/aromatic N) is 2. The van der Waals surface area contributed by atoms with E-state index in [0.717, 1.165) is 6.42 Å². The molecule has 2 aromatic heterocycles. The van der Waals surface area contributed by atoms with E-state index in [-0.39, 0.29) is 0 Å². The average Bonchev–Trinajstić information content (AvgIpc) is 3.84. The van der Waals surface area contributed by atoms with Gasteiger partial charge in [-0.15, -0.1) is 0 Å². The van der Waals surface area contributed by atoms with Crippen LogP contribution in [0, 0.1) is 0 Å². The Kier molecular flexibility index (Phi) is 6.05. The molecule has 0 saturated carbocycles. The second-order valence-corrected chi connectivity index (χ2v) is 13.8. The zero-order valence-electron chi connectivity index (χ0n) is 27.9. The molecule has 11 rings (SSSR count). The van der Waals surface area contributed by atoms with Crippen molar-refractivity contribution in [1.82, 2.24) is 9.13 Å². The molecule has 0 radical (unpaired) electrons. The molecule has 0 bridgehead atoms. The third-order valence-corrected chi connectivity index (χ3v) is 10.9. The van der Waals surface area contributed by atoms with Gasteiger partial charge in [-0.1, -0.05) is 115 Å². The van der Waals surface area contributed by atoms with E-state index in [2.05, 4.69) is 191 Å². The number of aromatic nitrogens is 2. The Bertz CT molecular complexity index is 2960. The molecule has 0 saturated heterocycles. The molecule has 0 amide bonds. The molecular formula is C49H32N2. The number of para-hydroxylation sites is 2. The number of hydrogen-bond donors (Lipinski definition) is 0. The summed E-state index contributed by atoms with van der Waals surface area (Å²) < 4.78 is 4.84. The Balaban J connectivity index is 1.12. The van der Waals surface area contributed by atoms with Crippen molar-refractivity contribution >= 4 is 43.6 Å². The van der Waals surface area contributed by atoms with E-state index < -0.39 is 0 Å². The molecule has 10 aromatic rings. The van der Waals surface area contributed by atoms with Crippen LogP contribution in [0.4, 0.5) is 0 Å². The number of benzene rings is 8. The van der Waals surface area contributed by atoms with E-state index in [1.165, 1.54) is 99.5 Å². The maximum Gasteiger partial charge on any atom is 0.0544 e. The minimum absolute atomic E-state index is 0.970. The van der Waals surface area contributed by atoms with Crippen molar-refractivity contribution in [2.24, 2.45) is 0 Å². The average molecular weight is 649 g/mol. The van der Waals surface area contributed by atoms with Crippen LogP contribution in [0.2, 0.25) is 0 Å². The lowest BCUT2D eigenvalue weighted by Crippen LogP contribution is -1.94. The van der Waals surface area contributed by atoms with Gasteiger partial charge in [0, 0.05) is 32.9 Å². The molecule has 2 heteroatoms. The smallest absolute Gasteiger partial charge is 0.0544 e. The van der Waals surface area contributed by atoms with Gasteiger partial charge in [0.05, 0.1) is 22.1 Å². The molecule has 2 nitrogen and oxygen atoms in total. The molecule has 0 spiro atoms. The molecule has 0 unspecified atom stereocenters. The van der Waals surface area contributed by atoms with E-state index >= 15 is 0 Å². The molecule has 0 atom stereocenters. The van der Waals surface area contributed by atoms with E-state index in [9.17, 15) is 0 Å². The molecule has 8 aromatic carbocycles. The first-order valence-corrected chi connectivity index (χ1v) is 17.7. The molecule has 51 heavy (non-hydrogen) atoms. The molecule has 0 N–H and O–H groups in total. The first-order chi connectivity index (χ1) is 25.3. The standard InChI is InChI=1S/C49H32N2/c1-3-11-32(12-4-1)33-19-23-39(24-20-33)51-48-26-22-35(29-44(48)45-31-42-37(30-49(45)51)27-36-13-7-8-16-40(36)42)34-21-25-47-43(28-34)41-17-9-10-18-46(41)50(47)38-14-5-2-6-15-38/h1-26,28-31H,27H2. The van der Waals surface area contributed by atoms with Crippen LogP contribution < -0.4 is 0 Å². The van der Waals surface area contributed by atoms with Gasteiger partial charge in [-0.25, -0.2) is 0 Å². The third kappa shape index (κ3) is 4.30. The van der Waals surface area contributed by atoms with Crippen molar-refractivity contribution < 1.29 is 0 Å². The summed E-state index contributed by atoms with van der Waals surface area (Å²) in [6.07, 6.45) is 0.970. The van der Waals surface area contributed by atoms with E-state index in [4.69, 9.17) is 0 Å². The van der Waals surface area contributed by atoms with E-state index in [1.807, 2.05) is 0 Å². The van der Waals surface area contributed by atoms with Gasteiger partial charge < -0.3 is 9.13 Å². The summed E-state index contributed by atoms with van der Waals surface area (Å²) in [5, 5.41) is 5.09. The van der Waals surface area contributed by atoms with Crippen LogP contribution in [-0.2, 0) is 6.42 Å². The van der Waals surface area contributed by atoms with Gasteiger partial charge in [-0.05, 0) is 118 Å². The lowest BCUT2D eigenvalue weighted by Gasteiger charge is -2.11.